The first-order chi connectivity index (χ1) is 6.49. The molecule has 0 radical (unpaired) electrons. The Hall–Kier alpha value is -1.26. The van der Waals surface area contributed by atoms with Gasteiger partial charge in [-0.15, -0.1) is 0 Å². The van der Waals surface area contributed by atoms with Crippen LogP contribution in [0, 0.1) is 0 Å². The molecule has 0 rings (SSSR count). The van der Waals surface area contributed by atoms with E-state index in [4.69, 9.17) is 5.11 Å². The van der Waals surface area contributed by atoms with Crippen LogP contribution >= 0.6 is 0 Å². The zero-order valence-corrected chi connectivity index (χ0v) is 8.99. The molecule has 0 unspecified atom stereocenters. The van der Waals surface area contributed by atoms with Gasteiger partial charge in [-0.2, -0.15) is 0 Å². The van der Waals surface area contributed by atoms with Gasteiger partial charge in [-0.05, 0) is 13.3 Å². The zero-order valence-electron chi connectivity index (χ0n) is 8.99. The molecule has 0 fully saturated rings. The van der Waals surface area contributed by atoms with Crippen molar-refractivity contribution in [2.24, 2.45) is 0 Å². The van der Waals surface area contributed by atoms with E-state index in [1.54, 1.807) is 19.0 Å². The van der Waals surface area contributed by atoms with E-state index in [2.05, 4.69) is 0 Å². The van der Waals surface area contributed by atoms with Gasteiger partial charge in [-0.3, -0.25) is 4.79 Å². The van der Waals surface area contributed by atoms with E-state index in [1.165, 1.54) is 4.90 Å². The van der Waals surface area contributed by atoms with Gasteiger partial charge in [0.15, 0.2) is 0 Å². The number of aliphatic carboxylic acids is 1. The summed E-state index contributed by atoms with van der Waals surface area (Å²) in [5, 5.41) is 8.41. The molecule has 0 aromatic heterocycles. The van der Waals surface area contributed by atoms with Crippen LogP contribution in [0.25, 0.3) is 0 Å². The maximum absolute atomic E-state index is 11.5. The van der Waals surface area contributed by atoms with Crippen molar-refractivity contribution in [1.29, 1.82) is 0 Å². The van der Waals surface area contributed by atoms with Gasteiger partial charge in [0.1, 0.15) is 0 Å². The Kier molecular flexibility index (Phi) is 5.67. The summed E-state index contributed by atoms with van der Waals surface area (Å²) in [5.41, 5.74) is 0. The molecule has 0 aliphatic rings. The summed E-state index contributed by atoms with van der Waals surface area (Å²) in [6, 6.07) is -0.0714. The number of hydrogen-bond donors (Lipinski definition) is 1. The zero-order chi connectivity index (χ0) is 11.1. The standard InChI is InChI=1S/C9H18N2O3/c1-4-10(2)9(14)11(3)7-5-6-8(12)13/h4-7H2,1-3H3,(H,12,13). The molecule has 0 heterocycles. The highest BCUT2D eigenvalue weighted by Crippen LogP contribution is 1.97. The fraction of sp³-hybridized carbons (Fsp3) is 0.778. The van der Waals surface area contributed by atoms with Gasteiger partial charge in [0, 0.05) is 33.6 Å². The number of hydrogen-bond acceptors (Lipinski definition) is 2. The molecule has 0 bridgehead atoms. The van der Waals surface area contributed by atoms with Gasteiger partial charge in [0.05, 0.1) is 0 Å². The number of rotatable bonds is 5. The van der Waals surface area contributed by atoms with Gasteiger partial charge >= 0.3 is 12.0 Å². The summed E-state index contributed by atoms with van der Waals surface area (Å²) in [6.07, 6.45) is 0.600. The largest absolute Gasteiger partial charge is 0.481 e. The molecule has 0 spiro atoms. The number of carboxylic acid groups (broad SMARTS) is 1. The van der Waals surface area contributed by atoms with Crippen molar-refractivity contribution in [3.8, 4) is 0 Å². The lowest BCUT2D eigenvalue weighted by atomic mass is 10.3. The van der Waals surface area contributed by atoms with E-state index in [1.807, 2.05) is 6.92 Å². The summed E-state index contributed by atoms with van der Waals surface area (Å²) >= 11 is 0. The maximum atomic E-state index is 11.5. The lowest BCUT2D eigenvalue weighted by Gasteiger charge is -2.23. The summed E-state index contributed by atoms with van der Waals surface area (Å²) in [5.74, 6) is -0.824. The first kappa shape index (κ1) is 12.7. The number of urea groups is 1. The van der Waals surface area contributed by atoms with Crippen molar-refractivity contribution >= 4 is 12.0 Å². The van der Waals surface area contributed by atoms with Crippen molar-refractivity contribution in [2.45, 2.75) is 19.8 Å². The van der Waals surface area contributed by atoms with Crippen LogP contribution in [0.15, 0.2) is 0 Å². The normalized spacial score (nSPS) is 9.64. The molecule has 2 amide bonds. The molecule has 0 aliphatic carbocycles. The summed E-state index contributed by atoms with van der Waals surface area (Å²) < 4.78 is 0. The molecule has 5 heteroatoms. The Morgan fingerprint density at radius 2 is 1.79 bits per heavy atom. The molecule has 82 valence electrons. The molecular formula is C9H18N2O3. The number of carbonyl (C=O) groups excluding carboxylic acids is 1. The third-order valence-electron chi connectivity index (χ3n) is 2.01. The highest BCUT2D eigenvalue weighted by molar-refractivity contribution is 5.73. The molecule has 5 nitrogen and oxygen atoms in total. The van der Waals surface area contributed by atoms with Crippen LogP contribution in [-0.4, -0.2) is 54.1 Å². The quantitative estimate of drug-likeness (QED) is 0.719. The molecule has 0 atom stereocenters. The smallest absolute Gasteiger partial charge is 0.319 e. The van der Waals surface area contributed by atoms with Crippen LogP contribution in [0.5, 0.6) is 0 Å². The fourth-order valence-corrected chi connectivity index (χ4v) is 0.990. The Morgan fingerprint density at radius 1 is 1.21 bits per heavy atom. The van der Waals surface area contributed by atoms with E-state index < -0.39 is 5.97 Å². The highest BCUT2D eigenvalue weighted by Gasteiger charge is 2.11. The minimum absolute atomic E-state index is 0.0714. The summed E-state index contributed by atoms with van der Waals surface area (Å²) in [4.78, 5) is 24.8. The Bertz CT molecular complexity index is 206. The fourth-order valence-electron chi connectivity index (χ4n) is 0.990. The highest BCUT2D eigenvalue weighted by atomic mass is 16.4. The van der Waals surface area contributed by atoms with E-state index in [9.17, 15) is 9.59 Å². The molecule has 0 aromatic rings. The van der Waals surface area contributed by atoms with E-state index in [0.29, 0.717) is 19.5 Å². The predicted molar refractivity (Wildman–Crippen MR) is 53.2 cm³/mol. The average Bonchev–Trinajstić information content (AvgIpc) is 2.14. The van der Waals surface area contributed by atoms with E-state index in [-0.39, 0.29) is 12.5 Å². The van der Waals surface area contributed by atoms with Gasteiger partial charge in [0.25, 0.3) is 0 Å². The minimum atomic E-state index is -0.824. The van der Waals surface area contributed by atoms with Crippen molar-refractivity contribution in [3.05, 3.63) is 0 Å². The van der Waals surface area contributed by atoms with Crippen molar-refractivity contribution in [1.82, 2.24) is 9.80 Å². The monoisotopic (exact) mass is 202 g/mol. The van der Waals surface area contributed by atoms with Crippen LogP contribution in [0.3, 0.4) is 0 Å². The minimum Gasteiger partial charge on any atom is -0.481 e. The van der Waals surface area contributed by atoms with Gasteiger partial charge < -0.3 is 14.9 Å². The predicted octanol–water partition coefficient (Wildman–Crippen LogP) is 0.855. The molecule has 14 heavy (non-hydrogen) atoms. The molecule has 0 aromatic carbocycles. The topological polar surface area (TPSA) is 60.9 Å². The van der Waals surface area contributed by atoms with Gasteiger partial charge in [-0.25, -0.2) is 4.79 Å². The Balaban J connectivity index is 3.78. The van der Waals surface area contributed by atoms with E-state index >= 15 is 0 Å². The lowest BCUT2D eigenvalue weighted by Crippen LogP contribution is -2.39. The van der Waals surface area contributed by atoms with Crippen LogP contribution in [-0.2, 0) is 4.79 Å². The first-order valence-corrected chi connectivity index (χ1v) is 4.67. The third-order valence-corrected chi connectivity index (χ3v) is 2.01. The van der Waals surface area contributed by atoms with Gasteiger partial charge in [-0.1, -0.05) is 0 Å². The Labute approximate surface area is 84.3 Å². The van der Waals surface area contributed by atoms with Crippen LogP contribution in [0.1, 0.15) is 19.8 Å². The average molecular weight is 202 g/mol. The number of amides is 2. The van der Waals surface area contributed by atoms with Crippen molar-refractivity contribution in [3.63, 3.8) is 0 Å². The van der Waals surface area contributed by atoms with Crippen molar-refractivity contribution < 1.29 is 14.7 Å². The number of carboxylic acids is 1. The van der Waals surface area contributed by atoms with Crippen molar-refractivity contribution in [2.75, 3.05) is 27.2 Å². The molecule has 0 saturated carbocycles. The van der Waals surface area contributed by atoms with Crippen LogP contribution < -0.4 is 0 Å². The molecule has 0 saturated heterocycles. The lowest BCUT2D eigenvalue weighted by molar-refractivity contribution is -0.137. The van der Waals surface area contributed by atoms with Crippen LogP contribution in [0.2, 0.25) is 0 Å². The second-order valence-electron chi connectivity index (χ2n) is 3.22. The second kappa shape index (κ2) is 6.23. The number of carbonyl (C=O) groups is 2. The number of nitrogens with zero attached hydrogens (tertiary/aromatic N) is 2. The third kappa shape index (κ3) is 4.69. The molecule has 1 N–H and O–H groups in total. The van der Waals surface area contributed by atoms with E-state index in [0.717, 1.165) is 0 Å². The van der Waals surface area contributed by atoms with Crippen LogP contribution in [0.4, 0.5) is 4.79 Å². The second-order valence-corrected chi connectivity index (χ2v) is 3.22. The molecular weight excluding hydrogens is 184 g/mol. The SMILES string of the molecule is CCN(C)C(=O)N(C)CCCC(=O)O. The molecule has 0 aliphatic heterocycles. The Morgan fingerprint density at radius 3 is 2.21 bits per heavy atom. The van der Waals surface area contributed by atoms with Gasteiger partial charge in [0.2, 0.25) is 0 Å². The summed E-state index contributed by atoms with van der Waals surface area (Å²) in [7, 11) is 3.40. The summed E-state index contributed by atoms with van der Waals surface area (Å²) in [6.45, 7) is 3.03. The first-order valence-electron chi connectivity index (χ1n) is 4.67. The maximum Gasteiger partial charge on any atom is 0.319 e.